The topological polar surface area (TPSA) is 78.9 Å². The van der Waals surface area contributed by atoms with Crippen LogP contribution >= 0.6 is 0 Å². The van der Waals surface area contributed by atoms with Gasteiger partial charge in [0.2, 0.25) is 5.91 Å². The Kier molecular flexibility index (Phi) is 8.46. The van der Waals surface area contributed by atoms with Crippen LogP contribution in [-0.4, -0.2) is 71.5 Å². The Balaban J connectivity index is 1.85. The number of amides is 1. The second-order valence-electron chi connectivity index (χ2n) is 10.7. The number of ether oxygens (including phenoxy) is 6. The highest BCUT2D eigenvalue weighted by molar-refractivity contribution is 5.89. The Morgan fingerprint density at radius 1 is 0.791 bits per heavy atom. The van der Waals surface area contributed by atoms with Crippen molar-refractivity contribution in [1.82, 2.24) is 9.80 Å². The Labute approximate surface area is 253 Å². The maximum absolute atomic E-state index is 14.4. The van der Waals surface area contributed by atoms with Crippen molar-refractivity contribution >= 4 is 12.0 Å². The number of carbonyl (C=O) groups excluding carboxylic acids is 1. The van der Waals surface area contributed by atoms with Crippen molar-refractivity contribution in [2.75, 3.05) is 49.7 Å². The summed E-state index contributed by atoms with van der Waals surface area (Å²) in [6, 6.07) is 11.1. The summed E-state index contributed by atoms with van der Waals surface area (Å²) < 4.78 is 35.2. The lowest BCUT2D eigenvalue weighted by molar-refractivity contribution is -0.141. The first kappa shape index (κ1) is 30.1. The molecule has 228 valence electrons. The molecule has 2 aliphatic rings. The monoisotopic (exact) mass is 588 g/mol. The molecule has 0 aliphatic carbocycles. The van der Waals surface area contributed by atoms with Crippen LogP contribution in [-0.2, 0) is 17.8 Å². The summed E-state index contributed by atoms with van der Waals surface area (Å²) >= 11 is 0. The van der Waals surface area contributed by atoms with E-state index in [9.17, 15) is 4.79 Å². The van der Waals surface area contributed by atoms with Crippen LogP contribution in [0.3, 0.4) is 0 Å². The van der Waals surface area contributed by atoms with Gasteiger partial charge in [0, 0.05) is 39.9 Å². The first-order chi connectivity index (χ1) is 20.8. The van der Waals surface area contributed by atoms with E-state index in [4.69, 9.17) is 28.4 Å². The predicted molar refractivity (Wildman–Crippen MR) is 165 cm³/mol. The highest BCUT2D eigenvalue weighted by atomic mass is 16.5. The molecular weight excluding hydrogens is 548 g/mol. The number of rotatable bonds is 9. The van der Waals surface area contributed by atoms with Crippen LogP contribution in [0.4, 0.5) is 0 Å². The Morgan fingerprint density at radius 2 is 1.40 bits per heavy atom. The molecule has 1 amide bonds. The van der Waals surface area contributed by atoms with E-state index >= 15 is 0 Å². The van der Waals surface area contributed by atoms with Crippen molar-refractivity contribution in [2.24, 2.45) is 0 Å². The Hall–Kier alpha value is -4.37. The lowest BCUT2D eigenvalue weighted by atomic mass is 9.80. The molecular formula is C34H40N2O7. The van der Waals surface area contributed by atoms with Gasteiger partial charge in [-0.05, 0) is 38.6 Å². The number of likely N-dealkylation sites (N-methyl/N-ethyl adjacent to an activating group) is 1. The van der Waals surface area contributed by atoms with Gasteiger partial charge in [0.05, 0.1) is 61.3 Å². The molecule has 9 heteroatoms. The van der Waals surface area contributed by atoms with Gasteiger partial charge in [-0.15, -0.1) is 0 Å². The number of nitrogens with zero attached hydrogens (tertiary/aromatic N) is 2. The van der Waals surface area contributed by atoms with Gasteiger partial charge in [0.15, 0.2) is 23.0 Å². The first-order valence-electron chi connectivity index (χ1n) is 14.2. The fourth-order valence-corrected chi connectivity index (χ4v) is 6.70. The number of carbonyl (C=O) groups is 1. The van der Waals surface area contributed by atoms with Crippen molar-refractivity contribution in [1.29, 1.82) is 0 Å². The Morgan fingerprint density at radius 3 is 1.98 bits per heavy atom. The molecule has 0 saturated carbocycles. The van der Waals surface area contributed by atoms with Gasteiger partial charge in [0.25, 0.3) is 0 Å². The quantitative estimate of drug-likeness (QED) is 0.332. The molecule has 0 spiro atoms. The third kappa shape index (κ3) is 4.81. The average molecular weight is 589 g/mol. The zero-order chi connectivity index (χ0) is 31.0. The second kappa shape index (κ2) is 12.1. The summed E-state index contributed by atoms with van der Waals surface area (Å²) in [6.07, 6.45) is 2.49. The predicted octanol–water partition coefficient (Wildman–Crippen LogP) is 5.34. The normalized spacial score (nSPS) is 18.8. The maximum Gasteiger partial charge on any atom is 0.244 e. The summed E-state index contributed by atoms with van der Waals surface area (Å²) in [5, 5.41) is 0. The summed E-state index contributed by atoms with van der Waals surface area (Å²) in [6.45, 7) is 4.28. The van der Waals surface area contributed by atoms with E-state index in [2.05, 4.69) is 4.90 Å². The van der Waals surface area contributed by atoms with E-state index in [0.717, 1.165) is 39.1 Å². The summed E-state index contributed by atoms with van der Waals surface area (Å²) in [5.74, 6) is 3.73. The highest BCUT2D eigenvalue weighted by Crippen LogP contribution is 2.55. The van der Waals surface area contributed by atoms with E-state index in [1.54, 1.807) is 42.7 Å². The largest absolute Gasteiger partial charge is 0.496 e. The van der Waals surface area contributed by atoms with Crippen LogP contribution in [0.15, 0.2) is 42.1 Å². The van der Waals surface area contributed by atoms with Crippen LogP contribution in [0.25, 0.3) is 6.08 Å². The second-order valence-corrected chi connectivity index (χ2v) is 10.7. The molecule has 1 fully saturated rings. The van der Waals surface area contributed by atoms with Gasteiger partial charge in [-0.2, -0.15) is 0 Å². The molecule has 3 aromatic carbocycles. The van der Waals surface area contributed by atoms with Crippen LogP contribution < -0.4 is 28.4 Å². The molecule has 1 saturated heterocycles. The van der Waals surface area contributed by atoms with E-state index in [-0.39, 0.29) is 11.9 Å². The van der Waals surface area contributed by atoms with Crippen molar-refractivity contribution < 1.29 is 33.2 Å². The Bertz CT molecular complexity index is 1570. The standard InChI is InChI=1S/C34H40N2O7/c1-19-29(39-5)22(16-26(38-4)31(19)41-7)15-24-28-27-23(30(40-6)20(2)32(42-8)33(27)43-9)17-25(35(28)3)34(37)36(24)18-21-13-11-10-12-14-21/h10-16,25,28H,17-18H2,1-9H3/t25?,28-/m1/s1. The molecule has 3 aromatic rings. The van der Waals surface area contributed by atoms with E-state index < -0.39 is 6.04 Å². The number of methoxy groups -OCH3 is 6. The fourth-order valence-electron chi connectivity index (χ4n) is 6.70. The molecule has 2 bridgehead atoms. The van der Waals surface area contributed by atoms with Gasteiger partial charge in [0.1, 0.15) is 11.5 Å². The van der Waals surface area contributed by atoms with Gasteiger partial charge in [-0.3, -0.25) is 9.69 Å². The number of fused-ring (bicyclic) bond motifs is 4. The highest BCUT2D eigenvalue weighted by Gasteiger charge is 2.50. The van der Waals surface area contributed by atoms with E-state index in [1.165, 1.54) is 0 Å². The number of benzene rings is 3. The molecule has 5 rings (SSSR count). The number of hydrogen-bond acceptors (Lipinski definition) is 8. The SMILES string of the molecule is COc1cc(C=C2[C@@H]3c4c(c(OC)c(C)c(OC)c4OC)CC(C(=O)N2Cc2ccccc2)N3C)c(OC)c(C)c1OC. The van der Waals surface area contributed by atoms with Crippen LogP contribution in [0, 0.1) is 13.8 Å². The van der Waals surface area contributed by atoms with E-state index in [1.807, 2.05) is 68.3 Å². The minimum Gasteiger partial charge on any atom is -0.496 e. The molecule has 0 N–H and O–H groups in total. The maximum atomic E-state index is 14.4. The lowest BCUT2D eigenvalue weighted by Gasteiger charge is -2.50. The summed E-state index contributed by atoms with van der Waals surface area (Å²) in [5.41, 5.74) is 6.02. The molecule has 9 nitrogen and oxygen atoms in total. The van der Waals surface area contributed by atoms with Gasteiger partial charge < -0.3 is 33.3 Å². The zero-order valence-corrected chi connectivity index (χ0v) is 26.4. The molecule has 2 aliphatic heterocycles. The van der Waals surface area contributed by atoms with Gasteiger partial charge in [-0.1, -0.05) is 30.3 Å². The van der Waals surface area contributed by atoms with Crippen molar-refractivity contribution in [2.45, 2.75) is 38.9 Å². The molecule has 2 atom stereocenters. The van der Waals surface area contributed by atoms with Gasteiger partial charge >= 0.3 is 0 Å². The van der Waals surface area contributed by atoms with Crippen molar-refractivity contribution in [3.05, 3.63) is 75.5 Å². The van der Waals surface area contributed by atoms with Crippen molar-refractivity contribution in [3.63, 3.8) is 0 Å². The summed E-state index contributed by atoms with van der Waals surface area (Å²) in [7, 11) is 11.8. The summed E-state index contributed by atoms with van der Waals surface area (Å²) in [4.78, 5) is 18.4. The molecule has 0 aromatic heterocycles. The van der Waals surface area contributed by atoms with E-state index in [0.29, 0.717) is 47.5 Å². The minimum absolute atomic E-state index is 0.00478. The van der Waals surface area contributed by atoms with Gasteiger partial charge in [-0.25, -0.2) is 0 Å². The van der Waals surface area contributed by atoms with Crippen molar-refractivity contribution in [3.8, 4) is 34.5 Å². The first-order valence-corrected chi connectivity index (χ1v) is 14.2. The molecule has 2 heterocycles. The molecule has 1 unspecified atom stereocenters. The van der Waals surface area contributed by atoms with Crippen LogP contribution in [0.1, 0.15) is 39.4 Å². The fraction of sp³-hybridized carbons (Fsp3) is 0.382. The third-order valence-electron chi connectivity index (χ3n) is 8.63. The number of piperazine rings is 1. The molecule has 43 heavy (non-hydrogen) atoms. The lowest BCUT2D eigenvalue weighted by Crippen LogP contribution is -2.58. The smallest absolute Gasteiger partial charge is 0.244 e. The van der Waals surface area contributed by atoms with Crippen LogP contribution in [0.5, 0.6) is 34.5 Å². The average Bonchev–Trinajstić information content (AvgIpc) is 3.01. The molecule has 0 radical (unpaired) electrons. The van der Waals surface area contributed by atoms with Crippen LogP contribution in [0.2, 0.25) is 0 Å². The minimum atomic E-state index is -0.404. The zero-order valence-electron chi connectivity index (χ0n) is 26.4. The third-order valence-corrected chi connectivity index (χ3v) is 8.63. The number of hydrogen-bond donors (Lipinski definition) is 0.